The number of nitrogens with zero attached hydrogens (tertiary/aromatic N) is 1. The van der Waals surface area contributed by atoms with E-state index in [0.29, 0.717) is 25.0 Å². The molecule has 1 atom stereocenters. The zero-order chi connectivity index (χ0) is 17.1. The molecule has 0 aromatic rings. The van der Waals surface area contributed by atoms with Crippen LogP contribution in [0.3, 0.4) is 0 Å². The van der Waals surface area contributed by atoms with Crippen LogP contribution in [-0.4, -0.2) is 42.6 Å². The van der Waals surface area contributed by atoms with Crippen molar-refractivity contribution in [1.29, 1.82) is 0 Å². The third kappa shape index (κ3) is 5.77. The van der Waals surface area contributed by atoms with Crippen LogP contribution in [0.5, 0.6) is 0 Å². The fourth-order valence-corrected chi connectivity index (χ4v) is 2.18. The lowest BCUT2D eigenvalue weighted by molar-refractivity contribution is -0.137. The molecule has 5 nitrogen and oxygen atoms in total. The van der Waals surface area contributed by atoms with Gasteiger partial charge in [0, 0.05) is 18.5 Å². The second-order valence-electron chi connectivity index (χ2n) is 4.68. The first-order valence-corrected chi connectivity index (χ1v) is 7.50. The van der Waals surface area contributed by atoms with Gasteiger partial charge in [0.25, 0.3) is 0 Å². The van der Waals surface area contributed by atoms with E-state index >= 15 is 0 Å². The van der Waals surface area contributed by atoms with E-state index in [9.17, 15) is 14.4 Å². The minimum Gasteiger partial charge on any atom is -0.298 e. The maximum Gasteiger partial charge on any atom is 0.243 e. The van der Waals surface area contributed by atoms with Gasteiger partial charge in [0.15, 0.2) is 0 Å². The number of likely N-dealkylation sites (N-methyl/N-ethyl adjacent to an activating group) is 1. The SMILES string of the molecule is C=C/C(C=O)=C(\C=C/C)CN(C)C1CCC(=O)NC1=O.CC. The predicted octanol–water partition coefficient (Wildman–Crippen LogP) is 2.01. The molecule has 22 heavy (non-hydrogen) atoms. The molecule has 0 aromatic carbocycles. The van der Waals surface area contributed by atoms with Crippen LogP contribution < -0.4 is 5.32 Å². The topological polar surface area (TPSA) is 66.5 Å². The van der Waals surface area contributed by atoms with Crippen LogP contribution in [0.2, 0.25) is 0 Å². The second kappa shape index (κ2) is 10.7. The molecular formula is C17H26N2O3. The molecule has 1 fully saturated rings. The molecule has 1 saturated heterocycles. The van der Waals surface area contributed by atoms with E-state index in [1.807, 2.05) is 37.8 Å². The van der Waals surface area contributed by atoms with Crippen LogP contribution >= 0.6 is 0 Å². The van der Waals surface area contributed by atoms with Gasteiger partial charge in [0.1, 0.15) is 6.29 Å². The van der Waals surface area contributed by atoms with Gasteiger partial charge in [-0.3, -0.25) is 24.6 Å². The van der Waals surface area contributed by atoms with Gasteiger partial charge in [-0.2, -0.15) is 0 Å². The molecule has 122 valence electrons. The van der Waals surface area contributed by atoms with Crippen molar-refractivity contribution in [2.75, 3.05) is 13.6 Å². The minimum absolute atomic E-state index is 0.233. The van der Waals surface area contributed by atoms with Gasteiger partial charge >= 0.3 is 0 Å². The molecule has 0 spiro atoms. The number of hydrogen-bond donors (Lipinski definition) is 1. The third-order valence-corrected chi connectivity index (χ3v) is 3.25. The Hall–Kier alpha value is -2.01. The lowest BCUT2D eigenvalue weighted by Gasteiger charge is -2.30. The number of allylic oxidation sites excluding steroid dienone is 3. The molecule has 1 rings (SSSR count). The van der Waals surface area contributed by atoms with Crippen molar-refractivity contribution in [1.82, 2.24) is 10.2 Å². The third-order valence-electron chi connectivity index (χ3n) is 3.25. The Morgan fingerprint density at radius 1 is 1.41 bits per heavy atom. The van der Waals surface area contributed by atoms with Crippen molar-refractivity contribution < 1.29 is 14.4 Å². The highest BCUT2D eigenvalue weighted by molar-refractivity contribution is 6.00. The first-order valence-electron chi connectivity index (χ1n) is 7.50. The summed E-state index contributed by atoms with van der Waals surface area (Å²) < 4.78 is 0. The van der Waals surface area contributed by atoms with E-state index in [1.165, 1.54) is 6.08 Å². The maximum atomic E-state index is 11.8. The molecule has 1 aliphatic rings. The van der Waals surface area contributed by atoms with Crippen molar-refractivity contribution in [3.63, 3.8) is 0 Å². The van der Waals surface area contributed by atoms with Crippen LogP contribution in [0.25, 0.3) is 0 Å². The van der Waals surface area contributed by atoms with E-state index in [-0.39, 0.29) is 17.9 Å². The summed E-state index contributed by atoms with van der Waals surface area (Å²) >= 11 is 0. The molecule has 1 aliphatic heterocycles. The first-order chi connectivity index (χ1) is 10.5. The van der Waals surface area contributed by atoms with Gasteiger partial charge in [-0.1, -0.05) is 38.7 Å². The summed E-state index contributed by atoms with van der Waals surface area (Å²) in [6.07, 6.45) is 6.75. The Morgan fingerprint density at radius 3 is 2.50 bits per heavy atom. The largest absolute Gasteiger partial charge is 0.298 e. The highest BCUT2D eigenvalue weighted by Crippen LogP contribution is 2.15. The summed E-state index contributed by atoms with van der Waals surface area (Å²) in [5, 5.41) is 2.33. The minimum atomic E-state index is -0.356. The Kier molecular flexibility index (Phi) is 9.70. The number of piperidine rings is 1. The summed E-state index contributed by atoms with van der Waals surface area (Å²) in [4.78, 5) is 35.8. The Labute approximate surface area is 132 Å². The zero-order valence-electron chi connectivity index (χ0n) is 13.9. The maximum absolute atomic E-state index is 11.8. The van der Waals surface area contributed by atoms with Crippen molar-refractivity contribution in [3.05, 3.63) is 36.0 Å². The van der Waals surface area contributed by atoms with Gasteiger partial charge in [-0.25, -0.2) is 0 Å². The van der Waals surface area contributed by atoms with Gasteiger partial charge in [0.05, 0.1) is 6.04 Å². The first kappa shape index (κ1) is 20.0. The summed E-state index contributed by atoms with van der Waals surface area (Å²) in [6, 6.07) is -0.356. The Morgan fingerprint density at radius 2 is 2.05 bits per heavy atom. The number of nitrogens with one attached hydrogen (secondary N) is 1. The molecule has 0 radical (unpaired) electrons. The number of carbonyl (C=O) groups is 3. The molecule has 0 saturated carbocycles. The number of rotatable bonds is 6. The predicted molar refractivity (Wildman–Crippen MR) is 88.3 cm³/mol. The highest BCUT2D eigenvalue weighted by atomic mass is 16.2. The van der Waals surface area contributed by atoms with Crippen molar-refractivity contribution in [3.8, 4) is 0 Å². The van der Waals surface area contributed by atoms with E-state index in [1.54, 1.807) is 7.05 Å². The Bertz CT molecular complexity index is 468. The molecule has 0 aliphatic carbocycles. The lowest BCUT2D eigenvalue weighted by atomic mass is 10.0. The van der Waals surface area contributed by atoms with Crippen molar-refractivity contribution in [2.45, 2.75) is 39.7 Å². The fourth-order valence-electron chi connectivity index (χ4n) is 2.18. The smallest absolute Gasteiger partial charge is 0.243 e. The normalized spacial score (nSPS) is 19.2. The summed E-state index contributed by atoms with van der Waals surface area (Å²) in [7, 11) is 1.80. The standard InChI is InChI=1S/C15H20N2O3.C2H6/c1-4-6-12(11(5-2)10-18)9-17(3)13-7-8-14(19)16-15(13)20;1-2/h4-6,10,13H,2,7-9H2,1,3H3,(H,16,19,20);1-2H3/b6-4-,12-11-;. The quantitative estimate of drug-likeness (QED) is 0.353. The van der Waals surface area contributed by atoms with E-state index in [4.69, 9.17) is 0 Å². The molecule has 2 amide bonds. The summed E-state index contributed by atoms with van der Waals surface area (Å²) in [5.74, 6) is -0.515. The molecular weight excluding hydrogens is 280 g/mol. The summed E-state index contributed by atoms with van der Waals surface area (Å²) in [5.41, 5.74) is 1.30. The average Bonchev–Trinajstić information content (AvgIpc) is 2.50. The number of aldehydes is 1. The fraction of sp³-hybridized carbons (Fsp3) is 0.471. The molecule has 0 aromatic heterocycles. The zero-order valence-corrected chi connectivity index (χ0v) is 13.9. The molecule has 1 unspecified atom stereocenters. The van der Waals surface area contributed by atoms with Crippen LogP contribution in [0, 0.1) is 0 Å². The van der Waals surface area contributed by atoms with Crippen LogP contribution in [0.1, 0.15) is 33.6 Å². The van der Waals surface area contributed by atoms with Crippen molar-refractivity contribution >= 4 is 18.1 Å². The van der Waals surface area contributed by atoms with Gasteiger partial charge in [-0.15, -0.1) is 0 Å². The molecule has 1 heterocycles. The average molecular weight is 306 g/mol. The molecule has 1 N–H and O–H groups in total. The van der Waals surface area contributed by atoms with E-state index in [0.717, 1.165) is 11.9 Å². The molecule has 5 heteroatoms. The number of amides is 2. The van der Waals surface area contributed by atoms with Gasteiger partial charge in [0.2, 0.25) is 11.8 Å². The number of imide groups is 1. The number of hydrogen-bond acceptors (Lipinski definition) is 4. The van der Waals surface area contributed by atoms with Crippen LogP contribution in [0.4, 0.5) is 0 Å². The monoisotopic (exact) mass is 306 g/mol. The lowest BCUT2D eigenvalue weighted by Crippen LogP contribution is -2.51. The second-order valence-corrected chi connectivity index (χ2v) is 4.68. The summed E-state index contributed by atoms with van der Waals surface area (Å²) in [6.45, 7) is 9.91. The Balaban J connectivity index is 0.00000211. The highest BCUT2D eigenvalue weighted by Gasteiger charge is 2.29. The molecule has 0 bridgehead atoms. The number of carbonyl (C=O) groups excluding carboxylic acids is 3. The van der Waals surface area contributed by atoms with E-state index < -0.39 is 0 Å². The van der Waals surface area contributed by atoms with Gasteiger partial charge < -0.3 is 0 Å². The van der Waals surface area contributed by atoms with Crippen LogP contribution in [0.15, 0.2) is 36.0 Å². The van der Waals surface area contributed by atoms with Crippen molar-refractivity contribution in [2.24, 2.45) is 0 Å². The van der Waals surface area contributed by atoms with E-state index in [2.05, 4.69) is 11.9 Å². The van der Waals surface area contributed by atoms with Gasteiger partial charge in [-0.05, 0) is 26.0 Å². The van der Waals surface area contributed by atoms with Crippen LogP contribution in [-0.2, 0) is 14.4 Å².